The molecule has 0 N–H and O–H groups in total. The van der Waals surface area contributed by atoms with Crippen LogP contribution in [0.15, 0.2) is 194 Å². The lowest BCUT2D eigenvalue weighted by atomic mass is 9.99. The molecule has 6 nitrogen and oxygen atoms in total. The molecular formula is C48H32N6. The van der Waals surface area contributed by atoms with Crippen LogP contribution in [0.1, 0.15) is 0 Å². The number of hydrogen-bond donors (Lipinski definition) is 0. The first-order valence-corrected chi connectivity index (χ1v) is 18.0. The van der Waals surface area contributed by atoms with E-state index < -0.39 is 0 Å². The van der Waals surface area contributed by atoms with Crippen molar-refractivity contribution in [2.24, 2.45) is 0 Å². The van der Waals surface area contributed by atoms with E-state index in [-0.39, 0.29) is 0 Å². The molecule has 0 spiro atoms. The first-order chi connectivity index (χ1) is 26.8. The maximum Gasteiger partial charge on any atom is 0.160 e. The molecule has 10 aromatic rings. The third-order valence-corrected chi connectivity index (χ3v) is 9.78. The fourth-order valence-corrected chi connectivity index (χ4v) is 7.25. The van der Waals surface area contributed by atoms with Crippen LogP contribution < -0.4 is 0 Å². The maximum atomic E-state index is 5.18. The van der Waals surface area contributed by atoms with Crippen LogP contribution in [0, 0.1) is 0 Å². The molecule has 5 aromatic heterocycles. The smallest absolute Gasteiger partial charge is 0.160 e. The van der Waals surface area contributed by atoms with Gasteiger partial charge in [0.25, 0.3) is 0 Å². The predicted molar refractivity (Wildman–Crippen MR) is 218 cm³/mol. The van der Waals surface area contributed by atoms with E-state index in [4.69, 9.17) is 19.9 Å². The van der Waals surface area contributed by atoms with E-state index in [9.17, 15) is 0 Å². The Morgan fingerprint density at radius 1 is 0.296 bits per heavy atom. The second-order valence-electron chi connectivity index (χ2n) is 13.2. The summed E-state index contributed by atoms with van der Waals surface area (Å²) in [6.07, 6.45) is 4.15. The molecule has 5 aromatic carbocycles. The van der Waals surface area contributed by atoms with Crippen LogP contribution in [0.5, 0.6) is 0 Å². The number of nitrogens with zero attached hydrogens (tertiary/aromatic N) is 6. The Morgan fingerprint density at radius 2 is 0.685 bits per heavy atom. The van der Waals surface area contributed by atoms with Crippen molar-refractivity contribution in [2.75, 3.05) is 0 Å². The summed E-state index contributed by atoms with van der Waals surface area (Å²) in [5.74, 6) is 0.665. The average molecular weight is 693 g/mol. The van der Waals surface area contributed by atoms with E-state index in [0.717, 1.165) is 84.4 Å². The van der Waals surface area contributed by atoms with Crippen molar-refractivity contribution in [3.63, 3.8) is 0 Å². The number of benzene rings is 5. The van der Waals surface area contributed by atoms with Crippen LogP contribution >= 0.6 is 0 Å². The standard InChI is InChI=1S/C48H32N6/c1-4-16-33(17-5-1)44-46(53-28-12-10-26-42(53)51-44)38-24-14-22-36(30-38)40-32-41(50-48(49-40)35-20-8-3-9-21-35)37-23-15-25-39(31-37)47-45(34-18-6-2-7-19-34)52-43-27-11-13-29-54(43)47/h1-32H. The highest BCUT2D eigenvalue weighted by atomic mass is 15.0. The van der Waals surface area contributed by atoms with E-state index in [1.807, 2.05) is 66.7 Å². The molecule has 0 saturated heterocycles. The van der Waals surface area contributed by atoms with Gasteiger partial charge >= 0.3 is 0 Å². The monoisotopic (exact) mass is 692 g/mol. The zero-order chi connectivity index (χ0) is 35.8. The van der Waals surface area contributed by atoms with Crippen LogP contribution in [-0.4, -0.2) is 28.7 Å². The van der Waals surface area contributed by atoms with Crippen molar-refractivity contribution < 1.29 is 0 Å². The summed E-state index contributed by atoms with van der Waals surface area (Å²) >= 11 is 0. The van der Waals surface area contributed by atoms with Gasteiger partial charge in [-0.15, -0.1) is 0 Å². The Morgan fingerprint density at radius 3 is 1.15 bits per heavy atom. The average Bonchev–Trinajstić information content (AvgIpc) is 3.84. The van der Waals surface area contributed by atoms with Gasteiger partial charge < -0.3 is 0 Å². The molecular weight excluding hydrogens is 661 g/mol. The molecule has 0 saturated carbocycles. The van der Waals surface area contributed by atoms with Gasteiger partial charge in [-0.1, -0.05) is 140 Å². The molecule has 0 amide bonds. The molecule has 0 aliphatic carbocycles. The van der Waals surface area contributed by atoms with Gasteiger partial charge in [0.1, 0.15) is 11.3 Å². The molecule has 6 heteroatoms. The van der Waals surface area contributed by atoms with Crippen LogP contribution in [0.2, 0.25) is 0 Å². The van der Waals surface area contributed by atoms with Gasteiger partial charge in [0.05, 0.1) is 34.2 Å². The Labute approximate surface area is 312 Å². The summed E-state index contributed by atoms with van der Waals surface area (Å²) in [4.78, 5) is 20.5. The number of hydrogen-bond acceptors (Lipinski definition) is 4. The topological polar surface area (TPSA) is 60.4 Å². The van der Waals surface area contributed by atoms with Crippen LogP contribution in [0.25, 0.3) is 90.2 Å². The minimum Gasteiger partial charge on any atom is -0.299 e. The highest BCUT2D eigenvalue weighted by Crippen LogP contribution is 2.38. The fourth-order valence-electron chi connectivity index (χ4n) is 7.25. The molecule has 10 rings (SSSR count). The molecule has 0 unspecified atom stereocenters. The van der Waals surface area contributed by atoms with Gasteiger partial charge in [0, 0.05) is 51.3 Å². The lowest BCUT2D eigenvalue weighted by molar-refractivity contribution is 1.18. The zero-order valence-electron chi connectivity index (χ0n) is 29.2. The Hall–Kier alpha value is -7.44. The van der Waals surface area contributed by atoms with E-state index in [2.05, 4.69) is 136 Å². The molecule has 254 valence electrons. The second kappa shape index (κ2) is 13.3. The van der Waals surface area contributed by atoms with Crippen molar-refractivity contribution in [2.45, 2.75) is 0 Å². The Balaban J connectivity index is 1.14. The predicted octanol–water partition coefficient (Wildman–Crippen LogP) is 11.4. The third-order valence-electron chi connectivity index (χ3n) is 9.78. The van der Waals surface area contributed by atoms with Gasteiger partial charge in [0.15, 0.2) is 5.82 Å². The minimum absolute atomic E-state index is 0.665. The van der Waals surface area contributed by atoms with Crippen molar-refractivity contribution in [3.8, 4) is 78.9 Å². The van der Waals surface area contributed by atoms with Crippen molar-refractivity contribution in [3.05, 3.63) is 194 Å². The largest absolute Gasteiger partial charge is 0.299 e. The SMILES string of the molecule is c1ccc(-c2nc(-c3cccc(-c4c(-c5ccccc5)nc5ccccn45)c3)cc(-c3cccc(-c4c(-c5ccccc5)nc5ccccn45)c3)n2)cc1. The van der Waals surface area contributed by atoms with Gasteiger partial charge in [-0.3, -0.25) is 8.80 Å². The first-order valence-electron chi connectivity index (χ1n) is 18.0. The van der Waals surface area contributed by atoms with Crippen molar-refractivity contribution in [1.29, 1.82) is 0 Å². The summed E-state index contributed by atoms with van der Waals surface area (Å²) in [5, 5.41) is 0. The third kappa shape index (κ3) is 5.63. The van der Waals surface area contributed by atoms with Gasteiger partial charge in [-0.2, -0.15) is 0 Å². The first kappa shape index (κ1) is 31.3. The van der Waals surface area contributed by atoms with E-state index in [0.29, 0.717) is 5.82 Å². The highest BCUT2D eigenvalue weighted by Gasteiger charge is 2.19. The summed E-state index contributed by atoms with van der Waals surface area (Å²) in [5.41, 5.74) is 14.6. The summed E-state index contributed by atoms with van der Waals surface area (Å²) < 4.78 is 4.33. The van der Waals surface area contributed by atoms with Gasteiger partial charge in [-0.25, -0.2) is 19.9 Å². The molecule has 0 atom stereocenters. The van der Waals surface area contributed by atoms with Gasteiger partial charge in [-0.05, 0) is 42.5 Å². The van der Waals surface area contributed by atoms with E-state index >= 15 is 0 Å². The molecule has 0 bridgehead atoms. The maximum absolute atomic E-state index is 5.18. The van der Waals surface area contributed by atoms with E-state index in [1.54, 1.807) is 0 Å². The minimum atomic E-state index is 0.665. The Bertz CT molecular complexity index is 2750. The van der Waals surface area contributed by atoms with Gasteiger partial charge in [0.2, 0.25) is 0 Å². The second-order valence-corrected chi connectivity index (χ2v) is 13.2. The normalized spacial score (nSPS) is 11.3. The summed E-state index contributed by atoms with van der Waals surface area (Å²) in [6, 6.07) is 62.4. The number of imidazole rings is 2. The molecule has 54 heavy (non-hydrogen) atoms. The quantitative estimate of drug-likeness (QED) is 0.167. The van der Waals surface area contributed by atoms with Crippen molar-refractivity contribution >= 4 is 11.3 Å². The van der Waals surface area contributed by atoms with Crippen molar-refractivity contribution in [1.82, 2.24) is 28.7 Å². The fraction of sp³-hybridized carbons (Fsp3) is 0. The van der Waals surface area contributed by atoms with E-state index in [1.165, 1.54) is 0 Å². The lowest BCUT2D eigenvalue weighted by Gasteiger charge is -2.12. The van der Waals surface area contributed by atoms with Crippen LogP contribution in [0.3, 0.4) is 0 Å². The Kier molecular flexibility index (Phi) is 7.69. The van der Waals surface area contributed by atoms with Crippen LogP contribution in [-0.2, 0) is 0 Å². The van der Waals surface area contributed by atoms with Crippen LogP contribution in [0.4, 0.5) is 0 Å². The highest BCUT2D eigenvalue weighted by molar-refractivity contribution is 5.86. The number of fused-ring (bicyclic) bond motifs is 2. The number of pyridine rings is 2. The summed E-state index contributed by atoms with van der Waals surface area (Å²) in [7, 11) is 0. The number of aromatic nitrogens is 6. The summed E-state index contributed by atoms with van der Waals surface area (Å²) in [6.45, 7) is 0. The molecule has 0 radical (unpaired) electrons. The number of rotatable bonds is 7. The lowest BCUT2D eigenvalue weighted by Crippen LogP contribution is -1.97. The molecule has 0 aliphatic heterocycles. The molecule has 0 aliphatic rings. The molecule has 5 heterocycles. The molecule has 0 fully saturated rings. The zero-order valence-corrected chi connectivity index (χ0v) is 29.2.